The number of aliphatic hydroxyl groups excluding tert-OH is 1. The highest BCUT2D eigenvalue weighted by atomic mass is 16.5. The quantitative estimate of drug-likeness (QED) is 0.834. The van der Waals surface area contributed by atoms with Gasteiger partial charge in [0.05, 0.1) is 26.7 Å². The Morgan fingerprint density at radius 2 is 2.05 bits per heavy atom. The minimum absolute atomic E-state index is 0.0105. The highest BCUT2D eigenvalue weighted by Gasteiger charge is 2.22. The second-order valence-electron chi connectivity index (χ2n) is 5.50. The van der Waals surface area contributed by atoms with Crippen molar-refractivity contribution in [3.8, 4) is 11.5 Å². The minimum Gasteiger partial charge on any atom is -0.493 e. The summed E-state index contributed by atoms with van der Waals surface area (Å²) >= 11 is 0. The summed E-state index contributed by atoms with van der Waals surface area (Å²) in [4.78, 5) is 12.0. The standard InChI is InChI=1S/C16H23NO4/c1-20-14-6-4-11(8-15(14)21-2)9-16(19)17-10-12-3-5-13(18)7-12/h4,6,8,12-13,18H,3,5,7,9-10H2,1-2H3,(H,17,19). The van der Waals surface area contributed by atoms with Crippen molar-refractivity contribution < 1.29 is 19.4 Å². The smallest absolute Gasteiger partial charge is 0.224 e. The normalized spacial score (nSPS) is 21.1. The Morgan fingerprint density at radius 1 is 1.29 bits per heavy atom. The van der Waals surface area contributed by atoms with Gasteiger partial charge in [0.2, 0.25) is 5.91 Å². The van der Waals surface area contributed by atoms with Crippen molar-refractivity contribution in [2.75, 3.05) is 20.8 Å². The molecule has 21 heavy (non-hydrogen) atoms. The monoisotopic (exact) mass is 293 g/mol. The van der Waals surface area contributed by atoms with E-state index < -0.39 is 0 Å². The zero-order chi connectivity index (χ0) is 15.2. The summed E-state index contributed by atoms with van der Waals surface area (Å²) in [7, 11) is 3.16. The second kappa shape index (κ2) is 7.31. The Labute approximate surface area is 125 Å². The van der Waals surface area contributed by atoms with Crippen LogP contribution in [0.5, 0.6) is 11.5 Å². The van der Waals surface area contributed by atoms with Crippen molar-refractivity contribution in [3.05, 3.63) is 23.8 Å². The number of rotatable bonds is 6. The van der Waals surface area contributed by atoms with E-state index in [2.05, 4.69) is 5.32 Å². The first-order chi connectivity index (χ1) is 10.1. The Hall–Kier alpha value is -1.75. The molecule has 0 aliphatic heterocycles. The number of carbonyl (C=O) groups excluding carboxylic acids is 1. The van der Waals surface area contributed by atoms with Gasteiger partial charge in [-0.3, -0.25) is 4.79 Å². The third kappa shape index (κ3) is 4.36. The molecule has 1 aromatic carbocycles. The number of amides is 1. The molecule has 1 fully saturated rings. The molecule has 0 spiro atoms. The number of ether oxygens (including phenoxy) is 2. The van der Waals surface area contributed by atoms with Crippen LogP contribution in [0.1, 0.15) is 24.8 Å². The molecule has 0 radical (unpaired) electrons. The number of hydrogen-bond acceptors (Lipinski definition) is 4. The first kappa shape index (κ1) is 15.6. The molecular weight excluding hydrogens is 270 g/mol. The van der Waals surface area contributed by atoms with Crippen LogP contribution in [-0.4, -0.2) is 37.9 Å². The topological polar surface area (TPSA) is 67.8 Å². The van der Waals surface area contributed by atoms with Crippen molar-refractivity contribution in [1.29, 1.82) is 0 Å². The van der Waals surface area contributed by atoms with E-state index >= 15 is 0 Å². The molecule has 5 heteroatoms. The predicted octanol–water partition coefficient (Wildman–Crippen LogP) is 1.52. The Balaban J connectivity index is 1.84. The van der Waals surface area contributed by atoms with Crippen molar-refractivity contribution in [2.45, 2.75) is 31.8 Å². The van der Waals surface area contributed by atoms with Gasteiger partial charge in [-0.1, -0.05) is 6.07 Å². The lowest BCUT2D eigenvalue weighted by molar-refractivity contribution is -0.120. The Bertz CT molecular complexity index is 489. The van der Waals surface area contributed by atoms with Gasteiger partial charge >= 0.3 is 0 Å². The summed E-state index contributed by atoms with van der Waals surface area (Å²) in [5, 5.41) is 12.4. The lowest BCUT2D eigenvalue weighted by Crippen LogP contribution is -2.29. The fraction of sp³-hybridized carbons (Fsp3) is 0.562. The van der Waals surface area contributed by atoms with Crippen LogP contribution in [0.15, 0.2) is 18.2 Å². The Kier molecular flexibility index (Phi) is 5.44. The summed E-state index contributed by atoms with van der Waals surface area (Å²) in [6.07, 6.45) is 2.73. The van der Waals surface area contributed by atoms with E-state index in [0.717, 1.165) is 24.8 Å². The van der Waals surface area contributed by atoms with E-state index in [1.807, 2.05) is 12.1 Å². The van der Waals surface area contributed by atoms with E-state index in [9.17, 15) is 9.90 Å². The largest absolute Gasteiger partial charge is 0.493 e. The highest BCUT2D eigenvalue weighted by molar-refractivity contribution is 5.78. The summed E-state index contributed by atoms with van der Waals surface area (Å²) in [6, 6.07) is 5.48. The van der Waals surface area contributed by atoms with Crippen LogP contribution < -0.4 is 14.8 Å². The number of benzene rings is 1. The maximum atomic E-state index is 12.0. The summed E-state index contributed by atoms with van der Waals surface area (Å²) in [6.45, 7) is 0.642. The van der Waals surface area contributed by atoms with Gasteiger partial charge in [-0.05, 0) is 42.9 Å². The van der Waals surface area contributed by atoms with E-state index in [-0.39, 0.29) is 12.0 Å². The molecule has 0 bridgehead atoms. The summed E-state index contributed by atoms with van der Waals surface area (Å²) < 4.78 is 10.4. The fourth-order valence-electron chi connectivity index (χ4n) is 2.73. The van der Waals surface area contributed by atoms with Gasteiger partial charge < -0.3 is 19.9 Å². The second-order valence-corrected chi connectivity index (χ2v) is 5.50. The van der Waals surface area contributed by atoms with Crippen LogP contribution in [0.3, 0.4) is 0 Å². The maximum Gasteiger partial charge on any atom is 0.224 e. The average Bonchev–Trinajstić information content (AvgIpc) is 2.90. The molecule has 2 rings (SSSR count). The van der Waals surface area contributed by atoms with E-state index in [1.165, 1.54) is 0 Å². The van der Waals surface area contributed by atoms with Crippen LogP contribution >= 0.6 is 0 Å². The molecule has 0 aromatic heterocycles. The number of nitrogens with one attached hydrogen (secondary N) is 1. The third-order valence-corrected chi connectivity index (χ3v) is 3.91. The molecule has 1 aromatic rings. The SMILES string of the molecule is COc1ccc(CC(=O)NCC2CCC(O)C2)cc1OC. The van der Waals surface area contributed by atoms with Crippen molar-refractivity contribution in [3.63, 3.8) is 0 Å². The van der Waals surface area contributed by atoms with E-state index in [0.29, 0.717) is 30.4 Å². The first-order valence-corrected chi connectivity index (χ1v) is 7.28. The summed E-state index contributed by atoms with van der Waals surface area (Å²) in [5.74, 6) is 1.67. The van der Waals surface area contributed by atoms with Crippen molar-refractivity contribution in [2.24, 2.45) is 5.92 Å². The molecule has 2 N–H and O–H groups in total. The van der Waals surface area contributed by atoms with Crippen LogP contribution in [0.25, 0.3) is 0 Å². The molecule has 1 amide bonds. The summed E-state index contributed by atoms with van der Waals surface area (Å²) in [5.41, 5.74) is 0.886. The van der Waals surface area contributed by atoms with Gasteiger partial charge in [0.1, 0.15) is 0 Å². The van der Waals surface area contributed by atoms with Gasteiger partial charge in [0.25, 0.3) is 0 Å². The molecular formula is C16H23NO4. The molecule has 1 aliphatic carbocycles. The molecule has 2 atom stereocenters. The predicted molar refractivity (Wildman–Crippen MR) is 79.6 cm³/mol. The van der Waals surface area contributed by atoms with Gasteiger partial charge in [0, 0.05) is 6.54 Å². The maximum absolute atomic E-state index is 12.0. The van der Waals surface area contributed by atoms with E-state index in [4.69, 9.17) is 9.47 Å². The molecule has 0 saturated heterocycles. The van der Waals surface area contributed by atoms with Crippen molar-refractivity contribution >= 4 is 5.91 Å². The number of hydrogen-bond donors (Lipinski definition) is 2. The zero-order valence-electron chi connectivity index (χ0n) is 12.6. The average molecular weight is 293 g/mol. The van der Waals surface area contributed by atoms with Crippen LogP contribution in [0.2, 0.25) is 0 Å². The molecule has 116 valence electrons. The van der Waals surface area contributed by atoms with Crippen molar-refractivity contribution in [1.82, 2.24) is 5.32 Å². The Morgan fingerprint density at radius 3 is 2.67 bits per heavy atom. The van der Waals surface area contributed by atoms with Crippen LogP contribution in [-0.2, 0) is 11.2 Å². The van der Waals surface area contributed by atoms with Gasteiger partial charge in [-0.25, -0.2) is 0 Å². The molecule has 5 nitrogen and oxygen atoms in total. The lowest BCUT2D eigenvalue weighted by atomic mass is 10.1. The third-order valence-electron chi connectivity index (χ3n) is 3.91. The number of aliphatic hydroxyl groups is 1. The number of carbonyl (C=O) groups is 1. The van der Waals surface area contributed by atoms with Gasteiger partial charge in [-0.15, -0.1) is 0 Å². The zero-order valence-corrected chi connectivity index (χ0v) is 12.6. The first-order valence-electron chi connectivity index (χ1n) is 7.28. The minimum atomic E-state index is -0.197. The fourth-order valence-corrected chi connectivity index (χ4v) is 2.73. The highest BCUT2D eigenvalue weighted by Crippen LogP contribution is 2.28. The van der Waals surface area contributed by atoms with Gasteiger partial charge in [-0.2, -0.15) is 0 Å². The van der Waals surface area contributed by atoms with Crippen LogP contribution in [0, 0.1) is 5.92 Å². The van der Waals surface area contributed by atoms with Gasteiger partial charge in [0.15, 0.2) is 11.5 Å². The lowest BCUT2D eigenvalue weighted by Gasteiger charge is -2.12. The molecule has 1 aliphatic rings. The molecule has 2 unspecified atom stereocenters. The molecule has 0 heterocycles. The van der Waals surface area contributed by atoms with Crippen LogP contribution in [0.4, 0.5) is 0 Å². The molecule has 1 saturated carbocycles. The van der Waals surface area contributed by atoms with E-state index in [1.54, 1.807) is 20.3 Å². The number of methoxy groups -OCH3 is 2.